The van der Waals surface area contributed by atoms with Crippen molar-refractivity contribution in [3.05, 3.63) is 0 Å². The Morgan fingerprint density at radius 2 is 1.75 bits per heavy atom. The zero-order valence-electron chi connectivity index (χ0n) is 9.40. The number of unbranched alkanes of at least 4 members (excludes halogenated alkanes) is 2. The highest BCUT2D eigenvalue weighted by Crippen LogP contribution is 2.38. The van der Waals surface area contributed by atoms with Gasteiger partial charge in [0.05, 0.1) is 0 Å². The Kier molecular flexibility index (Phi) is 7.64. The molecule has 12 heavy (non-hydrogen) atoms. The summed E-state index contributed by atoms with van der Waals surface area (Å²) < 4.78 is 0. The third-order valence-corrected chi connectivity index (χ3v) is 2.69. The molecule has 1 rings (SSSR count). The van der Waals surface area contributed by atoms with Crippen LogP contribution in [0.1, 0.15) is 66.2 Å². The van der Waals surface area contributed by atoms with E-state index in [1.165, 1.54) is 38.5 Å². The van der Waals surface area contributed by atoms with Crippen LogP contribution in [0.3, 0.4) is 0 Å². The molecule has 0 aliphatic heterocycles. The second-order valence-electron chi connectivity index (χ2n) is 3.81. The van der Waals surface area contributed by atoms with Crippen LogP contribution in [-0.2, 0) is 0 Å². The van der Waals surface area contributed by atoms with Gasteiger partial charge in [-0.25, -0.2) is 0 Å². The molecule has 0 saturated heterocycles. The van der Waals surface area contributed by atoms with E-state index < -0.39 is 0 Å². The summed E-state index contributed by atoms with van der Waals surface area (Å²) in [5.74, 6) is 2.16. The van der Waals surface area contributed by atoms with Gasteiger partial charge in [0.25, 0.3) is 0 Å². The van der Waals surface area contributed by atoms with E-state index in [2.05, 4.69) is 13.8 Å². The van der Waals surface area contributed by atoms with Crippen molar-refractivity contribution in [3.63, 3.8) is 0 Å². The Labute approximate surface area is 78.8 Å². The molecule has 0 heterocycles. The lowest BCUT2D eigenvalue weighted by Crippen LogP contribution is -1.95. The number of rotatable bonds is 5. The van der Waals surface area contributed by atoms with Crippen molar-refractivity contribution in [1.29, 1.82) is 0 Å². The van der Waals surface area contributed by atoms with E-state index in [0.29, 0.717) is 0 Å². The maximum absolute atomic E-state index is 2.42. The van der Waals surface area contributed by atoms with E-state index in [1.807, 2.05) is 13.8 Å². The molecule has 0 amide bonds. The molecule has 0 nitrogen and oxygen atoms in total. The van der Waals surface area contributed by atoms with Crippen LogP contribution >= 0.6 is 0 Å². The predicted molar refractivity (Wildman–Crippen MR) is 57.4 cm³/mol. The fourth-order valence-corrected chi connectivity index (χ4v) is 1.62. The zero-order chi connectivity index (χ0) is 9.40. The highest BCUT2D eigenvalue weighted by atomic mass is 14.3. The molecule has 0 radical (unpaired) electrons. The molecule has 1 unspecified atom stereocenters. The van der Waals surface area contributed by atoms with Gasteiger partial charge >= 0.3 is 0 Å². The minimum absolute atomic E-state index is 1.03. The molecule has 74 valence electrons. The maximum atomic E-state index is 2.42. The summed E-state index contributed by atoms with van der Waals surface area (Å²) in [5, 5.41) is 0. The van der Waals surface area contributed by atoms with Gasteiger partial charge in [0.1, 0.15) is 0 Å². The first-order valence-corrected chi connectivity index (χ1v) is 5.84. The molecule has 0 bridgehead atoms. The molecule has 0 aromatic carbocycles. The van der Waals surface area contributed by atoms with Crippen molar-refractivity contribution in [2.45, 2.75) is 66.2 Å². The Morgan fingerprint density at radius 3 is 2.17 bits per heavy atom. The Morgan fingerprint density at radius 1 is 1.17 bits per heavy atom. The van der Waals surface area contributed by atoms with E-state index in [-0.39, 0.29) is 0 Å². The van der Waals surface area contributed by atoms with Crippen molar-refractivity contribution in [2.24, 2.45) is 11.8 Å². The van der Waals surface area contributed by atoms with Crippen LogP contribution < -0.4 is 0 Å². The Bertz CT molecular complexity index is 82.0. The van der Waals surface area contributed by atoms with Crippen LogP contribution in [0.25, 0.3) is 0 Å². The molecular formula is C12H26. The third kappa shape index (κ3) is 5.62. The molecule has 1 aliphatic rings. The van der Waals surface area contributed by atoms with Gasteiger partial charge in [0.2, 0.25) is 0 Å². The first-order valence-electron chi connectivity index (χ1n) is 5.84. The number of hydrogen-bond donors (Lipinski definition) is 0. The van der Waals surface area contributed by atoms with E-state index in [4.69, 9.17) is 0 Å². The zero-order valence-corrected chi connectivity index (χ0v) is 9.40. The molecular weight excluding hydrogens is 144 g/mol. The normalized spacial score (nSPS) is 18.0. The monoisotopic (exact) mass is 170 g/mol. The second kappa shape index (κ2) is 7.64. The van der Waals surface area contributed by atoms with Gasteiger partial charge in [-0.3, -0.25) is 0 Å². The van der Waals surface area contributed by atoms with Gasteiger partial charge in [0, 0.05) is 0 Å². The van der Waals surface area contributed by atoms with Crippen molar-refractivity contribution >= 4 is 0 Å². The van der Waals surface area contributed by atoms with Crippen LogP contribution in [-0.4, -0.2) is 0 Å². The van der Waals surface area contributed by atoms with Gasteiger partial charge in [0.15, 0.2) is 0 Å². The average Bonchev–Trinajstić information content (AvgIpc) is 2.91. The summed E-state index contributed by atoms with van der Waals surface area (Å²) in [5.41, 5.74) is 0. The van der Waals surface area contributed by atoms with E-state index in [0.717, 1.165) is 11.8 Å². The lowest BCUT2D eigenvalue weighted by Gasteiger charge is -2.07. The average molecular weight is 170 g/mol. The van der Waals surface area contributed by atoms with Crippen LogP contribution in [0.4, 0.5) is 0 Å². The molecule has 0 N–H and O–H groups in total. The predicted octanol–water partition coefficient (Wildman–Crippen LogP) is 4.64. The molecule has 1 atom stereocenters. The van der Waals surface area contributed by atoms with Crippen molar-refractivity contribution in [3.8, 4) is 0 Å². The molecule has 0 spiro atoms. The van der Waals surface area contributed by atoms with E-state index in [9.17, 15) is 0 Å². The molecule has 1 saturated carbocycles. The molecule has 0 aromatic rings. The fraction of sp³-hybridized carbons (Fsp3) is 1.00. The third-order valence-electron chi connectivity index (χ3n) is 2.69. The smallest absolute Gasteiger partial charge is 0.0388 e. The minimum atomic E-state index is 1.03. The van der Waals surface area contributed by atoms with Gasteiger partial charge in [-0.1, -0.05) is 53.4 Å². The lowest BCUT2D eigenvalue weighted by molar-refractivity contribution is 0.444. The first kappa shape index (κ1) is 12.0. The van der Waals surface area contributed by atoms with Crippen LogP contribution in [0.2, 0.25) is 0 Å². The topological polar surface area (TPSA) is 0 Å². The van der Waals surface area contributed by atoms with E-state index in [1.54, 1.807) is 0 Å². The van der Waals surface area contributed by atoms with E-state index >= 15 is 0 Å². The van der Waals surface area contributed by atoms with Gasteiger partial charge in [-0.2, -0.15) is 0 Å². The van der Waals surface area contributed by atoms with Crippen LogP contribution in [0.15, 0.2) is 0 Å². The maximum Gasteiger partial charge on any atom is -0.0388 e. The Hall–Kier alpha value is 0. The first-order chi connectivity index (χ1) is 5.84. The summed E-state index contributed by atoms with van der Waals surface area (Å²) in [7, 11) is 0. The van der Waals surface area contributed by atoms with Crippen molar-refractivity contribution < 1.29 is 0 Å². The fourth-order valence-electron chi connectivity index (χ4n) is 1.62. The largest absolute Gasteiger partial charge is 0.0683 e. The molecule has 1 aliphatic carbocycles. The minimum Gasteiger partial charge on any atom is -0.0683 e. The summed E-state index contributed by atoms with van der Waals surface area (Å²) in [6, 6.07) is 0. The van der Waals surface area contributed by atoms with Crippen molar-refractivity contribution in [2.75, 3.05) is 0 Å². The summed E-state index contributed by atoms with van der Waals surface area (Å²) >= 11 is 0. The van der Waals surface area contributed by atoms with Crippen LogP contribution in [0.5, 0.6) is 0 Å². The standard InChI is InChI=1S/C10H20.C2H6/c1-3-4-5-6-9(2)10-7-8-10;1-2/h9-10H,3-8H2,1-2H3;1-2H3. The van der Waals surface area contributed by atoms with Gasteiger partial charge in [-0.05, 0) is 24.7 Å². The SMILES string of the molecule is CC.CCCCCC(C)C1CC1. The molecule has 0 aromatic heterocycles. The quantitative estimate of drug-likeness (QED) is 0.527. The summed E-state index contributed by atoms with van der Waals surface area (Å²) in [6.07, 6.45) is 8.81. The summed E-state index contributed by atoms with van der Waals surface area (Å²) in [4.78, 5) is 0. The Balaban J connectivity index is 0.000000561. The van der Waals surface area contributed by atoms with Crippen LogP contribution in [0, 0.1) is 11.8 Å². The summed E-state index contributed by atoms with van der Waals surface area (Å²) in [6.45, 7) is 8.70. The second-order valence-corrected chi connectivity index (χ2v) is 3.81. The van der Waals surface area contributed by atoms with Crippen molar-refractivity contribution in [1.82, 2.24) is 0 Å². The van der Waals surface area contributed by atoms with Gasteiger partial charge < -0.3 is 0 Å². The molecule has 0 heteroatoms. The lowest BCUT2D eigenvalue weighted by atomic mass is 9.99. The highest BCUT2D eigenvalue weighted by Gasteiger charge is 2.26. The number of hydrogen-bond acceptors (Lipinski definition) is 0. The van der Waals surface area contributed by atoms with Gasteiger partial charge in [-0.15, -0.1) is 0 Å². The molecule has 1 fully saturated rings. The highest BCUT2D eigenvalue weighted by molar-refractivity contribution is 4.78.